The number of carbonyl (C=O) groups excluding carboxylic acids is 1. The molecule has 0 aliphatic rings. The summed E-state index contributed by atoms with van der Waals surface area (Å²) >= 11 is 1.10. The molecule has 0 aliphatic heterocycles. The Bertz CT molecular complexity index is 770. The Hall–Kier alpha value is -2.74. The molecule has 0 saturated carbocycles. The van der Waals surface area contributed by atoms with Gasteiger partial charge < -0.3 is 19.3 Å². The number of aromatic nitrogens is 2. The quantitative estimate of drug-likeness (QED) is 0.551. The fourth-order valence-electron chi connectivity index (χ4n) is 1.66. The van der Waals surface area contributed by atoms with Crippen molar-refractivity contribution < 1.29 is 18.7 Å². The van der Waals surface area contributed by atoms with Crippen LogP contribution in [-0.2, 0) is 4.79 Å². The molecule has 22 heavy (non-hydrogen) atoms. The van der Waals surface area contributed by atoms with Crippen LogP contribution in [0.4, 0.5) is 5.69 Å². The molecule has 0 unspecified atom stereocenters. The summed E-state index contributed by atoms with van der Waals surface area (Å²) in [6.45, 7) is 0. The molecule has 3 aromatic rings. The molecule has 2 aromatic heterocycles. The Morgan fingerprint density at radius 1 is 1.23 bits per heavy atom. The number of phenolic OH excluding ortho intramolecular Hbond substituents is 1. The number of furan rings is 1. The standard InChI is InChI=1S/C14H11N3O4S/c18-10-5-2-1-4-9(10)15-12(19)8-22-14-17-16-13(21-14)11-6-3-7-20-11/h1-7,18H,8H2,(H,15,19). The minimum Gasteiger partial charge on any atom is -0.506 e. The summed E-state index contributed by atoms with van der Waals surface area (Å²) in [5.41, 5.74) is 0.356. The summed E-state index contributed by atoms with van der Waals surface area (Å²) in [6.07, 6.45) is 1.51. The van der Waals surface area contributed by atoms with Gasteiger partial charge >= 0.3 is 0 Å². The van der Waals surface area contributed by atoms with Gasteiger partial charge in [0.25, 0.3) is 11.1 Å². The molecule has 0 saturated heterocycles. The molecule has 1 amide bonds. The minimum absolute atomic E-state index is 0.0127. The van der Waals surface area contributed by atoms with Gasteiger partial charge in [0.05, 0.1) is 17.7 Å². The second-order valence-electron chi connectivity index (χ2n) is 4.20. The van der Waals surface area contributed by atoms with Crippen molar-refractivity contribution in [2.75, 3.05) is 11.1 Å². The minimum atomic E-state index is -0.288. The first-order chi connectivity index (χ1) is 10.7. The number of hydrogen-bond acceptors (Lipinski definition) is 7. The molecule has 0 atom stereocenters. The summed E-state index contributed by atoms with van der Waals surface area (Å²) in [4.78, 5) is 11.8. The predicted molar refractivity (Wildman–Crippen MR) is 79.5 cm³/mol. The van der Waals surface area contributed by atoms with Crippen LogP contribution in [0.2, 0.25) is 0 Å². The summed E-state index contributed by atoms with van der Waals surface area (Å²) < 4.78 is 10.5. The highest BCUT2D eigenvalue weighted by Crippen LogP contribution is 2.25. The fourth-order valence-corrected chi connectivity index (χ4v) is 2.22. The normalized spacial score (nSPS) is 10.5. The lowest BCUT2D eigenvalue weighted by atomic mass is 10.3. The third-order valence-corrected chi connectivity index (χ3v) is 3.46. The maximum Gasteiger partial charge on any atom is 0.284 e. The Morgan fingerprint density at radius 2 is 2.09 bits per heavy atom. The SMILES string of the molecule is O=C(CSc1nnc(-c2ccco2)o1)Nc1ccccc1O. The predicted octanol–water partition coefficient (Wildman–Crippen LogP) is 2.77. The average Bonchev–Trinajstić information content (AvgIpc) is 3.18. The second-order valence-corrected chi connectivity index (χ2v) is 5.13. The number of amides is 1. The first kappa shape index (κ1) is 14.2. The van der Waals surface area contributed by atoms with Crippen LogP contribution < -0.4 is 5.32 Å². The third kappa shape index (κ3) is 3.29. The highest BCUT2D eigenvalue weighted by molar-refractivity contribution is 7.99. The molecule has 0 aliphatic carbocycles. The first-order valence-electron chi connectivity index (χ1n) is 6.30. The zero-order valence-corrected chi connectivity index (χ0v) is 12.0. The van der Waals surface area contributed by atoms with Crippen LogP contribution in [0.3, 0.4) is 0 Å². The smallest absolute Gasteiger partial charge is 0.284 e. The van der Waals surface area contributed by atoms with Crippen LogP contribution in [-0.4, -0.2) is 27.0 Å². The summed E-state index contributed by atoms with van der Waals surface area (Å²) in [5, 5.41) is 20.1. The summed E-state index contributed by atoms with van der Waals surface area (Å²) in [5.74, 6) is 0.531. The lowest BCUT2D eigenvalue weighted by molar-refractivity contribution is -0.113. The van der Waals surface area contributed by atoms with E-state index >= 15 is 0 Å². The van der Waals surface area contributed by atoms with Crippen LogP contribution in [0.1, 0.15) is 0 Å². The topological polar surface area (TPSA) is 101 Å². The Labute approximate surface area is 129 Å². The molecular formula is C14H11N3O4S. The molecule has 0 bridgehead atoms. The molecule has 2 heterocycles. The van der Waals surface area contributed by atoms with Crippen molar-refractivity contribution in [3.05, 3.63) is 42.7 Å². The second kappa shape index (κ2) is 6.35. The van der Waals surface area contributed by atoms with Crippen LogP contribution in [0, 0.1) is 0 Å². The molecule has 0 fully saturated rings. The fraction of sp³-hybridized carbons (Fsp3) is 0.0714. The van der Waals surface area contributed by atoms with Gasteiger partial charge in [-0.1, -0.05) is 23.9 Å². The van der Waals surface area contributed by atoms with E-state index < -0.39 is 0 Å². The number of carbonyl (C=O) groups is 1. The van der Waals surface area contributed by atoms with Gasteiger partial charge in [0.15, 0.2) is 5.76 Å². The molecule has 2 N–H and O–H groups in total. The van der Waals surface area contributed by atoms with E-state index in [0.29, 0.717) is 11.4 Å². The Morgan fingerprint density at radius 3 is 2.86 bits per heavy atom. The van der Waals surface area contributed by atoms with Gasteiger partial charge in [-0.3, -0.25) is 4.79 Å². The zero-order chi connectivity index (χ0) is 15.4. The first-order valence-corrected chi connectivity index (χ1v) is 7.29. The van der Waals surface area contributed by atoms with Gasteiger partial charge in [-0.2, -0.15) is 0 Å². The lowest BCUT2D eigenvalue weighted by Gasteiger charge is -2.05. The highest BCUT2D eigenvalue weighted by atomic mass is 32.2. The van der Waals surface area contributed by atoms with Gasteiger partial charge in [-0.05, 0) is 24.3 Å². The number of thioether (sulfide) groups is 1. The number of rotatable bonds is 5. The molecule has 1 aromatic carbocycles. The maximum atomic E-state index is 11.8. The molecular weight excluding hydrogens is 306 g/mol. The number of nitrogens with one attached hydrogen (secondary N) is 1. The molecule has 112 valence electrons. The summed E-state index contributed by atoms with van der Waals surface area (Å²) in [6, 6.07) is 9.92. The number of aromatic hydroxyl groups is 1. The van der Waals surface area contributed by atoms with Crippen molar-refractivity contribution in [1.29, 1.82) is 0 Å². The zero-order valence-electron chi connectivity index (χ0n) is 11.2. The van der Waals surface area contributed by atoms with Crippen molar-refractivity contribution in [3.8, 4) is 17.4 Å². The van der Waals surface area contributed by atoms with Crippen molar-refractivity contribution in [2.45, 2.75) is 5.22 Å². The van der Waals surface area contributed by atoms with E-state index in [4.69, 9.17) is 8.83 Å². The molecule has 0 radical (unpaired) electrons. The maximum absolute atomic E-state index is 11.8. The molecule has 8 heteroatoms. The highest BCUT2D eigenvalue weighted by Gasteiger charge is 2.13. The van der Waals surface area contributed by atoms with E-state index in [1.807, 2.05) is 0 Å². The van der Waals surface area contributed by atoms with Gasteiger partial charge in [0.1, 0.15) is 5.75 Å². The largest absolute Gasteiger partial charge is 0.506 e. The van der Waals surface area contributed by atoms with E-state index in [0.717, 1.165) is 11.8 Å². The van der Waals surface area contributed by atoms with Gasteiger partial charge in [0.2, 0.25) is 5.91 Å². The summed E-state index contributed by atoms with van der Waals surface area (Å²) in [7, 11) is 0. The van der Waals surface area contributed by atoms with E-state index in [-0.39, 0.29) is 28.5 Å². The van der Waals surface area contributed by atoms with Crippen molar-refractivity contribution >= 4 is 23.4 Å². The average molecular weight is 317 g/mol. The lowest BCUT2D eigenvalue weighted by Crippen LogP contribution is -2.14. The van der Waals surface area contributed by atoms with Crippen molar-refractivity contribution in [1.82, 2.24) is 10.2 Å². The Kier molecular flexibility index (Phi) is 4.10. The monoisotopic (exact) mass is 317 g/mol. The van der Waals surface area contributed by atoms with Crippen LogP contribution >= 0.6 is 11.8 Å². The Balaban J connectivity index is 1.56. The number of anilines is 1. The van der Waals surface area contributed by atoms with Crippen molar-refractivity contribution in [2.24, 2.45) is 0 Å². The molecule has 3 rings (SSSR count). The number of phenols is 1. The number of para-hydroxylation sites is 2. The van der Waals surface area contributed by atoms with Gasteiger partial charge in [-0.25, -0.2) is 0 Å². The molecule has 0 spiro atoms. The van der Waals surface area contributed by atoms with Crippen LogP contribution in [0.15, 0.2) is 56.7 Å². The number of benzene rings is 1. The third-order valence-electron chi connectivity index (χ3n) is 2.64. The van der Waals surface area contributed by atoms with E-state index in [1.165, 1.54) is 12.3 Å². The van der Waals surface area contributed by atoms with E-state index in [2.05, 4.69) is 15.5 Å². The van der Waals surface area contributed by atoms with Crippen molar-refractivity contribution in [3.63, 3.8) is 0 Å². The van der Waals surface area contributed by atoms with Gasteiger partial charge in [-0.15, -0.1) is 10.2 Å². The number of nitrogens with zero attached hydrogens (tertiary/aromatic N) is 2. The van der Waals surface area contributed by atoms with Crippen LogP contribution in [0.25, 0.3) is 11.7 Å². The molecule has 7 nitrogen and oxygen atoms in total. The number of hydrogen-bond donors (Lipinski definition) is 2. The van der Waals surface area contributed by atoms with E-state index in [9.17, 15) is 9.90 Å². The van der Waals surface area contributed by atoms with E-state index in [1.54, 1.807) is 30.3 Å². The van der Waals surface area contributed by atoms with Crippen LogP contribution in [0.5, 0.6) is 5.75 Å². The van der Waals surface area contributed by atoms with Gasteiger partial charge in [0, 0.05) is 0 Å².